The molecule has 0 aliphatic carbocycles. The normalized spacial score (nSPS) is 18.5. The number of rotatable bonds is 8. The van der Waals surface area contributed by atoms with Crippen molar-refractivity contribution in [2.45, 2.75) is 39.5 Å². The molecule has 0 radical (unpaired) electrons. The van der Waals surface area contributed by atoms with Crippen LogP contribution in [0.2, 0.25) is 0 Å². The largest absolute Gasteiger partial charge is 0.356 e. The third-order valence-corrected chi connectivity index (χ3v) is 5.47. The number of nitrogens with one attached hydrogen (secondary N) is 2. The molecule has 2 N–H and O–H groups in total. The van der Waals surface area contributed by atoms with Gasteiger partial charge in [0.25, 0.3) is 0 Å². The molecular formula is C17H32IN5S. The first-order chi connectivity index (χ1) is 11.2. The minimum Gasteiger partial charge on any atom is -0.356 e. The molecule has 0 amide bonds. The van der Waals surface area contributed by atoms with Gasteiger partial charge in [-0.3, -0.25) is 4.99 Å². The summed E-state index contributed by atoms with van der Waals surface area (Å²) in [7, 11) is 1.84. The van der Waals surface area contributed by atoms with E-state index in [4.69, 9.17) is 0 Å². The highest BCUT2D eigenvalue weighted by Gasteiger charge is 2.21. The monoisotopic (exact) mass is 465 g/mol. The minimum absolute atomic E-state index is 0. The minimum atomic E-state index is 0. The van der Waals surface area contributed by atoms with Gasteiger partial charge in [-0.05, 0) is 38.3 Å². The molecule has 1 unspecified atom stereocenters. The Balaban J connectivity index is 0.00000288. The number of guanidine groups is 1. The van der Waals surface area contributed by atoms with Crippen LogP contribution in [0.4, 0.5) is 0 Å². The Bertz CT molecular complexity index is 491. The zero-order chi connectivity index (χ0) is 16.5. The predicted octanol–water partition coefficient (Wildman–Crippen LogP) is 2.76. The third kappa shape index (κ3) is 7.23. The van der Waals surface area contributed by atoms with Crippen molar-refractivity contribution in [1.29, 1.82) is 0 Å². The zero-order valence-corrected chi connectivity index (χ0v) is 18.3. The SMILES string of the molecule is CCCN1CCC(CNC(=NC)NCCc2ncc(CC)s2)C1.I. The Morgan fingerprint density at radius 2 is 2.25 bits per heavy atom. The molecule has 1 aromatic rings. The molecular weight excluding hydrogens is 433 g/mol. The van der Waals surface area contributed by atoms with Gasteiger partial charge < -0.3 is 15.5 Å². The molecule has 138 valence electrons. The molecule has 24 heavy (non-hydrogen) atoms. The lowest BCUT2D eigenvalue weighted by molar-refractivity contribution is 0.324. The van der Waals surface area contributed by atoms with Gasteiger partial charge in [-0.2, -0.15) is 0 Å². The summed E-state index contributed by atoms with van der Waals surface area (Å²) >= 11 is 1.81. The molecule has 1 saturated heterocycles. The lowest BCUT2D eigenvalue weighted by Crippen LogP contribution is -2.41. The second-order valence-corrected chi connectivity index (χ2v) is 7.36. The summed E-state index contributed by atoms with van der Waals surface area (Å²) in [4.78, 5) is 12.7. The first-order valence-corrected chi connectivity index (χ1v) is 9.67. The summed E-state index contributed by atoms with van der Waals surface area (Å²) < 4.78 is 0. The Kier molecular flexibility index (Phi) is 10.8. The number of nitrogens with zero attached hydrogens (tertiary/aromatic N) is 3. The summed E-state index contributed by atoms with van der Waals surface area (Å²) in [6, 6.07) is 0. The Morgan fingerprint density at radius 1 is 1.42 bits per heavy atom. The summed E-state index contributed by atoms with van der Waals surface area (Å²) in [6.07, 6.45) is 6.57. The van der Waals surface area contributed by atoms with Crippen molar-refractivity contribution in [2.24, 2.45) is 10.9 Å². The quantitative estimate of drug-likeness (QED) is 0.352. The topological polar surface area (TPSA) is 52.5 Å². The fourth-order valence-corrected chi connectivity index (χ4v) is 3.84. The van der Waals surface area contributed by atoms with Gasteiger partial charge in [0.05, 0.1) is 5.01 Å². The number of thiazole rings is 1. The van der Waals surface area contributed by atoms with Crippen LogP contribution in [0.1, 0.15) is 36.6 Å². The summed E-state index contributed by atoms with van der Waals surface area (Å²) in [5.74, 6) is 1.65. The second kappa shape index (κ2) is 12.0. The highest BCUT2D eigenvalue weighted by molar-refractivity contribution is 14.0. The van der Waals surface area contributed by atoms with Crippen LogP contribution in [0.3, 0.4) is 0 Å². The van der Waals surface area contributed by atoms with E-state index in [-0.39, 0.29) is 24.0 Å². The van der Waals surface area contributed by atoms with Crippen LogP contribution in [0.15, 0.2) is 11.2 Å². The van der Waals surface area contributed by atoms with E-state index in [1.54, 1.807) is 0 Å². The number of aryl methyl sites for hydroxylation is 1. The van der Waals surface area contributed by atoms with E-state index in [9.17, 15) is 0 Å². The number of aromatic nitrogens is 1. The molecule has 0 bridgehead atoms. The van der Waals surface area contributed by atoms with Crippen LogP contribution < -0.4 is 10.6 Å². The van der Waals surface area contributed by atoms with Crippen LogP contribution in [-0.4, -0.2) is 55.6 Å². The van der Waals surface area contributed by atoms with E-state index in [0.717, 1.165) is 37.8 Å². The van der Waals surface area contributed by atoms with Crippen molar-refractivity contribution in [3.05, 3.63) is 16.1 Å². The molecule has 0 saturated carbocycles. The third-order valence-electron chi connectivity index (χ3n) is 4.27. The first kappa shape index (κ1) is 21.6. The molecule has 1 aliphatic heterocycles. The average Bonchev–Trinajstić information content (AvgIpc) is 3.20. The van der Waals surface area contributed by atoms with Gasteiger partial charge in [0.2, 0.25) is 0 Å². The number of aliphatic imine (C=N–C) groups is 1. The highest BCUT2D eigenvalue weighted by Crippen LogP contribution is 2.15. The molecule has 1 fully saturated rings. The molecule has 0 spiro atoms. The summed E-state index contributed by atoms with van der Waals surface area (Å²) in [5.41, 5.74) is 0. The molecule has 1 atom stereocenters. The maximum atomic E-state index is 4.46. The zero-order valence-electron chi connectivity index (χ0n) is 15.2. The average molecular weight is 465 g/mol. The van der Waals surface area contributed by atoms with Crippen LogP contribution in [0, 0.1) is 5.92 Å². The molecule has 2 heterocycles. The number of halogens is 1. The van der Waals surface area contributed by atoms with Gasteiger partial charge in [-0.15, -0.1) is 35.3 Å². The Morgan fingerprint density at radius 3 is 2.92 bits per heavy atom. The van der Waals surface area contributed by atoms with Gasteiger partial charge in [0, 0.05) is 44.2 Å². The number of likely N-dealkylation sites (tertiary alicyclic amines) is 1. The maximum Gasteiger partial charge on any atom is 0.191 e. The van der Waals surface area contributed by atoms with Crippen molar-refractivity contribution in [3.8, 4) is 0 Å². The van der Waals surface area contributed by atoms with Gasteiger partial charge in [-0.1, -0.05) is 13.8 Å². The highest BCUT2D eigenvalue weighted by atomic mass is 127. The van der Waals surface area contributed by atoms with E-state index in [1.807, 2.05) is 24.6 Å². The van der Waals surface area contributed by atoms with Crippen molar-refractivity contribution < 1.29 is 0 Å². The van der Waals surface area contributed by atoms with Crippen molar-refractivity contribution >= 4 is 41.3 Å². The van der Waals surface area contributed by atoms with Crippen molar-refractivity contribution in [1.82, 2.24) is 20.5 Å². The smallest absolute Gasteiger partial charge is 0.191 e. The van der Waals surface area contributed by atoms with Gasteiger partial charge in [0.1, 0.15) is 0 Å². The van der Waals surface area contributed by atoms with E-state index in [0.29, 0.717) is 0 Å². The lowest BCUT2D eigenvalue weighted by atomic mass is 10.1. The van der Waals surface area contributed by atoms with Crippen LogP contribution in [0.5, 0.6) is 0 Å². The summed E-state index contributed by atoms with van der Waals surface area (Å²) in [6.45, 7) is 10.0. The lowest BCUT2D eigenvalue weighted by Gasteiger charge is -2.16. The van der Waals surface area contributed by atoms with E-state index in [1.165, 1.54) is 42.4 Å². The Labute approximate surface area is 167 Å². The Hall–Kier alpha value is -0.410. The van der Waals surface area contributed by atoms with Gasteiger partial charge in [-0.25, -0.2) is 4.98 Å². The standard InChI is InChI=1S/C17H31N5S.HI/c1-4-9-22-10-7-14(13-22)11-21-17(18-3)19-8-6-16-20-12-15(5-2)23-16;/h12,14H,4-11,13H2,1-3H3,(H2,18,19,21);1H. The second-order valence-electron chi connectivity index (χ2n) is 6.16. The fraction of sp³-hybridized carbons (Fsp3) is 0.765. The molecule has 1 aromatic heterocycles. The summed E-state index contributed by atoms with van der Waals surface area (Å²) in [5, 5.41) is 8.07. The molecule has 7 heteroatoms. The van der Waals surface area contributed by atoms with Crippen LogP contribution in [-0.2, 0) is 12.8 Å². The first-order valence-electron chi connectivity index (χ1n) is 8.85. The predicted molar refractivity (Wildman–Crippen MR) is 115 cm³/mol. The van der Waals surface area contributed by atoms with Crippen molar-refractivity contribution in [2.75, 3.05) is 39.8 Å². The number of hydrogen-bond acceptors (Lipinski definition) is 4. The van der Waals surface area contributed by atoms with E-state index in [2.05, 4.69) is 39.4 Å². The van der Waals surface area contributed by atoms with E-state index < -0.39 is 0 Å². The molecule has 1 aliphatic rings. The van der Waals surface area contributed by atoms with Crippen LogP contribution in [0.25, 0.3) is 0 Å². The maximum absolute atomic E-state index is 4.46. The van der Waals surface area contributed by atoms with Gasteiger partial charge in [0.15, 0.2) is 5.96 Å². The molecule has 5 nitrogen and oxygen atoms in total. The van der Waals surface area contributed by atoms with Crippen molar-refractivity contribution in [3.63, 3.8) is 0 Å². The number of hydrogen-bond donors (Lipinski definition) is 2. The molecule has 0 aromatic carbocycles. The fourth-order valence-electron chi connectivity index (χ4n) is 2.98. The molecule has 2 rings (SSSR count). The van der Waals surface area contributed by atoms with E-state index >= 15 is 0 Å². The van der Waals surface area contributed by atoms with Crippen LogP contribution >= 0.6 is 35.3 Å². The van der Waals surface area contributed by atoms with Gasteiger partial charge >= 0.3 is 0 Å².